The van der Waals surface area contributed by atoms with Crippen LogP contribution in [0, 0.1) is 5.92 Å². The van der Waals surface area contributed by atoms with Crippen LogP contribution in [-0.2, 0) is 29.2 Å². The van der Waals surface area contributed by atoms with Crippen molar-refractivity contribution in [3.05, 3.63) is 12.7 Å². The van der Waals surface area contributed by atoms with Crippen molar-refractivity contribution in [1.82, 2.24) is 5.32 Å². The van der Waals surface area contributed by atoms with Crippen LogP contribution < -0.4 is 5.32 Å². The molecule has 1 amide bonds. The normalized spacial score (nSPS) is 15.2. The van der Waals surface area contributed by atoms with Gasteiger partial charge in [-0.3, -0.25) is 9.35 Å². The minimum absolute atomic E-state index is 0.289. The summed E-state index contributed by atoms with van der Waals surface area (Å²) in [7, 11) is -6.47. The van der Waals surface area contributed by atoms with Crippen molar-refractivity contribution in [3.63, 3.8) is 0 Å². The summed E-state index contributed by atoms with van der Waals surface area (Å²) >= 11 is 0. The minimum Gasteiger partial charge on any atom is -0.412 e. The molecule has 0 fully saturated rings. The lowest BCUT2D eigenvalue weighted by Gasteiger charge is -2.33. The zero-order chi connectivity index (χ0) is 25.6. The molecule has 0 aromatic rings. The van der Waals surface area contributed by atoms with E-state index in [4.69, 9.17) is 4.55 Å². The second-order valence-electron chi connectivity index (χ2n) is 6.85. The fourth-order valence-electron chi connectivity index (χ4n) is 2.01. The maximum atomic E-state index is 13.6. The minimum atomic E-state index is -6.47. The van der Waals surface area contributed by atoms with Crippen molar-refractivity contribution in [2.24, 2.45) is 5.92 Å². The van der Waals surface area contributed by atoms with Crippen LogP contribution >= 0.6 is 0 Å². The van der Waals surface area contributed by atoms with Crippen LogP contribution in [0.15, 0.2) is 12.7 Å². The Bertz CT molecular complexity index is 784. The van der Waals surface area contributed by atoms with Crippen LogP contribution in [0.2, 0.25) is 0 Å². The molecule has 0 saturated heterocycles. The highest BCUT2D eigenvalue weighted by atomic mass is 32.2. The maximum absolute atomic E-state index is 13.6. The summed E-state index contributed by atoms with van der Waals surface area (Å²) in [4.78, 5) is 23.5. The molecule has 8 nitrogen and oxygen atoms in total. The Morgan fingerprint density at radius 1 is 1.09 bits per heavy atom. The first-order valence-electron chi connectivity index (χ1n) is 8.82. The average molecular weight is 505 g/mol. The SMILES string of the molecule is C=CC(=O)OC(OCCCCC(F)(F)C(F)(F)S(=O)(=O)O)(C(=O)NCC(C)C)C(F)(F)F. The lowest BCUT2D eigenvalue weighted by Crippen LogP contribution is -2.61. The topological polar surface area (TPSA) is 119 Å². The lowest BCUT2D eigenvalue weighted by molar-refractivity contribution is -0.347. The summed E-state index contributed by atoms with van der Waals surface area (Å²) in [5, 5.41) is -3.99. The molecule has 1 unspecified atom stereocenters. The van der Waals surface area contributed by atoms with E-state index in [1.165, 1.54) is 13.8 Å². The molecule has 0 aliphatic rings. The van der Waals surface area contributed by atoms with Crippen molar-refractivity contribution in [1.29, 1.82) is 0 Å². The van der Waals surface area contributed by atoms with Gasteiger partial charge in [0.05, 0.1) is 6.61 Å². The second-order valence-corrected chi connectivity index (χ2v) is 8.31. The van der Waals surface area contributed by atoms with Crippen LogP contribution in [0.3, 0.4) is 0 Å². The van der Waals surface area contributed by atoms with E-state index in [0.717, 1.165) is 0 Å². The van der Waals surface area contributed by atoms with E-state index in [1.807, 2.05) is 5.32 Å². The monoisotopic (exact) mass is 505 g/mol. The molecule has 0 aromatic heterocycles. The smallest absolute Gasteiger partial charge is 0.412 e. The highest BCUT2D eigenvalue weighted by Crippen LogP contribution is 2.42. The molecule has 0 spiro atoms. The third-order valence-corrected chi connectivity index (χ3v) is 4.64. The van der Waals surface area contributed by atoms with Crippen molar-refractivity contribution in [3.8, 4) is 0 Å². The summed E-state index contributed by atoms with van der Waals surface area (Å²) < 4.78 is 131. The molecular weight excluding hydrogens is 483 g/mol. The summed E-state index contributed by atoms with van der Waals surface area (Å²) in [5.41, 5.74) is 0. The summed E-state index contributed by atoms with van der Waals surface area (Å²) in [6.45, 7) is 4.48. The fourth-order valence-corrected chi connectivity index (χ4v) is 2.48. The van der Waals surface area contributed by atoms with Gasteiger partial charge in [-0.1, -0.05) is 20.4 Å². The van der Waals surface area contributed by atoms with E-state index < -0.39 is 71.0 Å². The van der Waals surface area contributed by atoms with E-state index in [9.17, 15) is 48.7 Å². The Morgan fingerprint density at radius 2 is 1.62 bits per heavy atom. The molecule has 0 bridgehead atoms. The molecule has 16 heteroatoms. The molecule has 0 saturated carbocycles. The summed E-state index contributed by atoms with van der Waals surface area (Å²) in [5.74, 6) is -13.4. The Kier molecular flexibility index (Phi) is 10.1. The van der Waals surface area contributed by atoms with Crippen molar-refractivity contribution in [2.45, 2.75) is 56.3 Å². The molecular formula is C16H22F7NO7S. The van der Waals surface area contributed by atoms with E-state index >= 15 is 0 Å². The molecule has 188 valence electrons. The lowest BCUT2D eigenvalue weighted by atomic mass is 10.1. The molecule has 0 heterocycles. The molecule has 1 atom stereocenters. The van der Waals surface area contributed by atoms with Crippen LogP contribution in [0.1, 0.15) is 33.1 Å². The molecule has 0 aromatic carbocycles. The number of carbonyl (C=O) groups excluding carboxylic acids is 2. The predicted octanol–water partition coefficient (Wildman–Crippen LogP) is 3.05. The van der Waals surface area contributed by atoms with Crippen LogP contribution in [0.25, 0.3) is 0 Å². The Morgan fingerprint density at radius 3 is 2.03 bits per heavy atom. The molecule has 0 aliphatic carbocycles. The predicted molar refractivity (Wildman–Crippen MR) is 94.2 cm³/mol. The molecule has 0 rings (SSSR count). The number of halogens is 7. The van der Waals surface area contributed by atoms with Gasteiger partial charge in [-0.15, -0.1) is 0 Å². The van der Waals surface area contributed by atoms with Crippen molar-refractivity contribution < 1.29 is 62.8 Å². The first kappa shape index (κ1) is 30.1. The number of alkyl halides is 7. The number of hydrogen-bond acceptors (Lipinski definition) is 6. The fraction of sp³-hybridized carbons (Fsp3) is 0.750. The number of amides is 1. The van der Waals surface area contributed by atoms with Gasteiger partial charge in [-0.05, 0) is 18.8 Å². The molecule has 32 heavy (non-hydrogen) atoms. The third-order valence-electron chi connectivity index (χ3n) is 3.69. The quantitative estimate of drug-likeness (QED) is 0.0986. The van der Waals surface area contributed by atoms with Gasteiger partial charge in [0.2, 0.25) is 0 Å². The first-order chi connectivity index (χ1) is 14.2. The highest BCUT2D eigenvalue weighted by molar-refractivity contribution is 7.87. The maximum Gasteiger partial charge on any atom is 0.466 e. The number of nitrogens with one attached hydrogen (secondary N) is 1. The van der Waals surface area contributed by atoms with Crippen molar-refractivity contribution >= 4 is 22.0 Å². The number of ether oxygens (including phenoxy) is 2. The molecule has 0 aliphatic heterocycles. The van der Waals surface area contributed by atoms with Gasteiger partial charge in [-0.2, -0.15) is 39.2 Å². The third kappa shape index (κ3) is 7.30. The standard InChI is InChI=1S/C16H22F7NO7S/c1-4-11(25)31-14(15(19,20)21,12(26)24-9-10(2)3)30-8-6-5-7-13(17,18)16(22,23)32(27,28)29/h4,10H,1,5-9H2,2-3H3,(H,24,26)(H,27,28,29). The van der Waals surface area contributed by atoms with Gasteiger partial charge in [0, 0.05) is 19.0 Å². The Labute approximate surface area is 178 Å². The number of rotatable bonds is 13. The van der Waals surface area contributed by atoms with Gasteiger partial charge < -0.3 is 14.8 Å². The number of unbranched alkanes of at least 4 members (excludes halogenated alkanes) is 1. The first-order valence-corrected chi connectivity index (χ1v) is 10.3. The van der Waals surface area contributed by atoms with Crippen molar-refractivity contribution in [2.75, 3.05) is 13.2 Å². The van der Waals surface area contributed by atoms with E-state index in [1.54, 1.807) is 0 Å². The van der Waals surface area contributed by atoms with Crippen LogP contribution in [0.4, 0.5) is 30.7 Å². The van der Waals surface area contributed by atoms with Crippen LogP contribution in [-0.4, -0.2) is 61.1 Å². The molecule has 2 N–H and O–H groups in total. The summed E-state index contributed by atoms with van der Waals surface area (Å²) in [6, 6.07) is 0. The zero-order valence-electron chi connectivity index (χ0n) is 16.8. The highest BCUT2D eigenvalue weighted by Gasteiger charge is 2.66. The van der Waals surface area contributed by atoms with Crippen LogP contribution in [0.5, 0.6) is 0 Å². The number of esters is 1. The largest absolute Gasteiger partial charge is 0.466 e. The van der Waals surface area contributed by atoms with E-state index in [0.29, 0.717) is 6.08 Å². The molecule has 0 radical (unpaired) electrons. The zero-order valence-corrected chi connectivity index (χ0v) is 17.7. The Hall–Kier alpha value is -1.94. The van der Waals surface area contributed by atoms with Gasteiger partial charge in [0.15, 0.2) is 0 Å². The number of carbonyl (C=O) groups is 2. The van der Waals surface area contributed by atoms with E-state index in [2.05, 4.69) is 16.1 Å². The van der Waals surface area contributed by atoms with Gasteiger partial charge in [0.25, 0.3) is 0 Å². The van der Waals surface area contributed by atoms with E-state index in [-0.39, 0.29) is 12.5 Å². The van der Waals surface area contributed by atoms with Gasteiger partial charge >= 0.3 is 45.1 Å². The average Bonchev–Trinajstić information content (AvgIpc) is 2.62. The Balaban J connectivity index is 5.45. The van der Waals surface area contributed by atoms with Gasteiger partial charge in [-0.25, -0.2) is 4.79 Å². The number of hydrogen-bond donors (Lipinski definition) is 2. The van der Waals surface area contributed by atoms with Gasteiger partial charge in [0.1, 0.15) is 0 Å². The second kappa shape index (κ2) is 10.8. The summed E-state index contributed by atoms with van der Waals surface area (Å²) in [6.07, 6.45) is -9.05.